The van der Waals surface area contributed by atoms with E-state index in [1.807, 2.05) is 4.90 Å². The zero-order chi connectivity index (χ0) is 25.3. The molecule has 1 unspecified atom stereocenters. The summed E-state index contributed by atoms with van der Waals surface area (Å²) < 4.78 is 67.4. The average molecular weight is 517 g/mol. The van der Waals surface area contributed by atoms with E-state index in [0.29, 0.717) is 25.7 Å². The summed E-state index contributed by atoms with van der Waals surface area (Å²) in [5.41, 5.74) is -2.72. The summed E-state index contributed by atoms with van der Waals surface area (Å²) in [6.45, 7) is 5.21. The predicted octanol–water partition coefficient (Wildman–Crippen LogP) is 3.40. The van der Waals surface area contributed by atoms with Crippen LogP contribution >= 0.6 is 11.3 Å². The van der Waals surface area contributed by atoms with Crippen molar-refractivity contribution in [3.8, 4) is 11.8 Å². The van der Waals surface area contributed by atoms with Gasteiger partial charge in [-0.05, 0) is 42.0 Å². The zero-order valence-electron chi connectivity index (χ0n) is 19.0. The molecule has 34 heavy (non-hydrogen) atoms. The Bertz CT molecular complexity index is 1160. The second-order valence-corrected chi connectivity index (χ2v) is 11.7. The highest BCUT2D eigenvalue weighted by atomic mass is 32.2. The molecular weight excluding hydrogens is 489 g/mol. The first kappa shape index (κ1) is 26.5. The molecule has 3 rings (SSSR count). The number of nitrogens with zero attached hydrogens (tertiary/aromatic N) is 2. The normalized spacial score (nSPS) is 18.3. The Morgan fingerprint density at radius 1 is 1.12 bits per heavy atom. The molecule has 0 bridgehead atoms. The fraction of sp³-hybridized carbons (Fsp3) is 0.478. The lowest BCUT2D eigenvalue weighted by molar-refractivity contribution is -0.258. The topological polar surface area (TPSA) is 81.1 Å². The summed E-state index contributed by atoms with van der Waals surface area (Å²) in [4.78, 5) is 1.85. The molecule has 0 aliphatic carbocycles. The van der Waals surface area contributed by atoms with Crippen molar-refractivity contribution in [1.29, 1.82) is 0 Å². The van der Waals surface area contributed by atoms with Crippen LogP contribution in [0.2, 0.25) is 0 Å². The van der Waals surface area contributed by atoms with Crippen LogP contribution < -0.4 is 4.90 Å². The molecule has 0 amide bonds. The number of aliphatic hydroxyl groups is 2. The summed E-state index contributed by atoms with van der Waals surface area (Å²) in [6, 6.07) is 7.04. The molecule has 1 saturated heterocycles. The first-order valence-electron chi connectivity index (χ1n) is 10.7. The summed E-state index contributed by atoms with van der Waals surface area (Å²) in [6.07, 6.45) is -5.87. The Morgan fingerprint density at radius 2 is 1.76 bits per heavy atom. The summed E-state index contributed by atoms with van der Waals surface area (Å²) >= 11 is 1.14. The molecule has 2 aromatic rings. The Labute approximate surface area is 201 Å². The molecule has 11 heteroatoms. The van der Waals surface area contributed by atoms with Crippen LogP contribution in [0.5, 0.6) is 0 Å². The Kier molecular flexibility index (Phi) is 7.70. The van der Waals surface area contributed by atoms with E-state index in [-0.39, 0.29) is 34.3 Å². The van der Waals surface area contributed by atoms with Crippen molar-refractivity contribution in [3.05, 3.63) is 46.8 Å². The largest absolute Gasteiger partial charge is 0.421 e. The van der Waals surface area contributed by atoms with Gasteiger partial charge in [-0.3, -0.25) is 0 Å². The Morgan fingerprint density at radius 3 is 2.29 bits per heavy atom. The minimum absolute atomic E-state index is 0.177. The maximum Gasteiger partial charge on any atom is 0.421 e. The van der Waals surface area contributed by atoms with Crippen molar-refractivity contribution < 1.29 is 31.8 Å². The van der Waals surface area contributed by atoms with Crippen molar-refractivity contribution in [3.63, 3.8) is 0 Å². The van der Waals surface area contributed by atoms with Gasteiger partial charge in [0.15, 0.2) is 5.60 Å². The van der Waals surface area contributed by atoms with Gasteiger partial charge in [-0.1, -0.05) is 37.8 Å². The monoisotopic (exact) mass is 516 g/mol. The molecule has 0 radical (unpaired) electrons. The SMILES string of the molecule is CC(C)[C@@H](O)C#Cc1cc(C(C)(O)C(F)(F)F)ccc1N1CCN(S(=O)(=O)c2cccs2)CC1. The number of halogens is 3. The van der Waals surface area contributed by atoms with E-state index in [1.54, 1.807) is 31.4 Å². The molecule has 2 heterocycles. The van der Waals surface area contributed by atoms with Crippen molar-refractivity contribution in [2.75, 3.05) is 31.1 Å². The first-order chi connectivity index (χ1) is 15.7. The van der Waals surface area contributed by atoms with E-state index in [9.17, 15) is 31.8 Å². The van der Waals surface area contributed by atoms with Gasteiger partial charge in [0, 0.05) is 31.7 Å². The smallest absolute Gasteiger partial charge is 0.380 e. The van der Waals surface area contributed by atoms with Gasteiger partial charge in [-0.25, -0.2) is 8.42 Å². The third-order valence-electron chi connectivity index (χ3n) is 5.77. The number of sulfonamides is 1. The number of alkyl halides is 3. The first-order valence-corrected chi connectivity index (χ1v) is 13.0. The molecule has 1 fully saturated rings. The maximum atomic E-state index is 13.4. The lowest BCUT2D eigenvalue weighted by Crippen LogP contribution is -2.48. The van der Waals surface area contributed by atoms with Crippen LogP contribution in [0, 0.1) is 17.8 Å². The van der Waals surface area contributed by atoms with Gasteiger partial charge in [0.25, 0.3) is 10.0 Å². The van der Waals surface area contributed by atoms with Crippen LogP contribution in [0.25, 0.3) is 0 Å². The third kappa shape index (κ3) is 5.42. The van der Waals surface area contributed by atoms with Gasteiger partial charge in [-0.15, -0.1) is 11.3 Å². The Balaban J connectivity index is 1.92. The van der Waals surface area contributed by atoms with Crippen LogP contribution in [0.3, 0.4) is 0 Å². The highest BCUT2D eigenvalue weighted by Crippen LogP contribution is 2.40. The van der Waals surface area contributed by atoms with Crippen LogP contribution in [0.15, 0.2) is 39.9 Å². The molecule has 1 aliphatic rings. The lowest BCUT2D eigenvalue weighted by Gasteiger charge is -2.36. The van der Waals surface area contributed by atoms with Crippen LogP contribution in [0.1, 0.15) is 31.9 Å². The highest BCUT2D eigenvalue weighted by Gasteiger charge is 2.51. The molecular formula is C23H27F3N2O4S2. The van der Waals surface area contributed by atoms with Crippen molar-refractivity contribution in [1.82, 2.24) is 4.31 Å². The average Bonchev–Trinajstić information content (AvgIpc) is 3.32. The number of rotatable bonds is 5. The standard InChI is InChI=1S/C23H27F3N2O4S2/c1-16(2)20(29)9-6-17-15-18(22(3,30)23(24,25)26)7-8-19(17)27-10-12-28(13-11-27)34(31,32)21-5-4-14-33-21/h4-5,7-8,14-16,20,29-30H,10-13H2,1-3H3/t20-,22?/m0/s1. The summed E-state index contributed by atoms with van der Waals surface area (Å²) in [5.74, 6) is 5.25. The zero-order valence-corrected chi connectivity index (χ0v) is 20.6. The van der Waals surface area contributed by atoms with Gasteiger partial charge in [0.2, 0.25) is 0 Å². The molecule has 1 aromatic carbocycles. The predicted molar refractivity (Wildman–Crippen MR) is 125 cm³/mol. The number of piperazine rings is 1. The van der Waals surface area contributed by atoms with Crippen molar-refractivity contribution in [2.24, 2.45) is 5.92 Å². The van der Waals surface area contributed by atoms with E-state index < -0.39 is 27.9 Å². The van der Waals surface area contributed by atoms with Gasteiger partial charge < -0.3 is 15.1 Å². The van der Waals surface area contributed by atoms with Gasteiger partial charge in [0.05, 0.1) is 5.69 Å². The number of anilines is 1. The van der Waals surface area contributed by atoms with E-state index in [2.05, 4.69) is 11.8 Å². The quantitative estimate of drug-likeness (QED) is 0.596. The highest BCUT2D eigenvalue weighted by molar-refractivity contribution is 7.91. The van der Waals surface area contributed by atoms with Crippen LogP contribution in [-0.2, 0) is 15.6 Å². The van der Waals surface area contributed by atoms with Gasteiger partial charge in [-0.2, -0.15) is 17.5 Å². The second-order valence-electron chi connectivity index (χ2n) is 8.58. The third-order valence-corrected chi connectivity index (χ3v) is 9.04. The minimum Gasteiger partial charge on any atom is -0.380 e. The molecule has 6 nitrogen and oxygen atoms in total. The number of benzene rings is 1. The number of hydrogen-bond donors (Lipinski definition) is 2. The minimum atomic E-state index is -4.89. The number of hydrogen-bond acceptors (Lipinski definition) is 6. The molecule has 2 N–H and O–H groups in total. The van der Waals surface area contributed by atoms with E-state index >= 15 is 0 Å². The lowest BCUT2D eigenvalue weighted by atomic mass is 9.92. The van der Waals surface area contributed by atoms with E-state index in [4.69, 9.17) is 0 Å². The molecule has 0 spiro atoms. The molecule has 0 saturated carbocycles. The fourth-order valence-corrected chi connectivity index (χ4v) is 5.97. The second kappa shape index (κ2) is 9.87. The van der Waals surface area contributed by atoms with Crippen molar-refractivity contribution in [2.45, 2.75) is 42.9 Å². The van der Waals surface area contributed by atoms with Gasteiger partial charge >= 0.3 is 6.18 Å². The molecule has 1 aliphatic heterocycles. The van der Waals surface area contributed by atoms with E-state index in [1.165, 1.54) is 22.5 Å². The molecule has 186 valence electrons. The maximum absolute atomic E-state index is 13.4. The Hall–Kier alpha value is -2.10. The number of thiophene rings is 1. The molecule has 1 aromatic heterocycles. The summed E-state index contributed by atoms with van der Waals surface area (Å²) in [7, 11) is -3.60. The number of aliphatic hydroxyl groups excluding tert-OH is 1. The summed E-state index contributed by atoms with van der Waals surface area (Å²) in [5, 5.41) is 21.9. The molecule has 2 atom stereocenters. The van der Waals surface area contributed by atoms with E-state index in [0.717, 1.165) is 11.3 Å². The fourth-order valence-electron chi connectivity index (χ4n) is 3.40. The van der Waals surface area contributed by atoms with Crippen LogP contribution in [0.4, 0.5) is 18.9 Å². The van der Waals surface area contributed by atoms with Crippen LogP contribution in [-0.4, -0.2) is 61.4 Å². The van der Waals surface area contributed by atoms with Gasteiger partial charge in [0.1, 0.15) is 10.3 Å². The van der Waals surface area contributed by atoms with Crippen molar-refractivity contribution >= 4 is 27.0 Å².